The molecular formula is C12H13NO. The van der Waals surface area contributed by atoms with Crippen molar-refractivity contribution in [1.82, 2.24) is 4.98 Å². The minimum atomic E-state index is 0.0913. The number of benzene rings is 1. The van der Waals surface area contributed by atoms with Gasteiger partial charge in [-0.15, -0.1) is 0 Å². The summed E-state index contributed by atoms with van der Waals surface area (Å²) in [5.74, 6) is 0. The molecule has 0 aliphatic heterocycles. The summed E-state index contributed by atoms with van der Waals surface area (Å²) in [7, 11) is 1.71. The van der Waals surface area contributed by atoms with Crippen molar-refractivity contribution in [3.8, 4) is 0 Å². The Balaban J connectivity index is 2.65. The molecular weight excluding hydrogens is 174 g/mol. The van der Waals surface area contributed by atoms with Gasteiger partial charge in [-0.2, -0.15) is 0 Å². The summed E-state index contributed by atoms with van der Waals surface area (Å²) < 4.78 is 5.30. The van der Waals surface area contributed by atoms with Crippen LogP contribution >= 0.6 is 0 Å². The lowest BCUT2D eigenvalue weighted by Crippen LogP contribution is -1.97. The van der Waals surface area contributed by atoms with E-state index in [1.807, 2.05) is 25.3 Å². The summed E-state index contributed by atoms with van der Waals surface area (Å²) in [5.41, 5.74) is 2.18. The molecule has 0 fully saturated rings. The molecule has 0 saturated carbocycles. The molecule has 1 atom stereocenters. The van der Waals surface area contributed by atoms with Crippen LogP contribution in [0.2, 0.25) is 0 Å². The number of aromatic nitrogens is 1. The molecule has 2 nitrogen and oxygen atoms in total. The Morgan fingerprint density at radius 2 is 2.00 bits per heavy atom. The minimum Gasteiger partial charge on any atom is -0.377 e. The predicted octanol–water partition coefficient (Wildman–Crippen LogP) is 2.94. The first-order valence-electron chi connectivity index (χ1n) is 4.69. The van der Waals surface area contributed by atoms with Crippen LogP contribution in [0.15, 0.2) is 36.5 Å². The van der Waals surface area contributed by atoms with Crippen molar-refractivity contribution in [2.45, 2.75) is 13.0 Å². The highest BCUT2D eigenvalue weighted by Crippen LogP contribution is 2.23. The molecule has 2 aromatic rings. The van der Waals surface area contributed by atoms with E-state index in [1.54, 1.807) is 7.11 Å². The number of rotatable bonds is 2. The zero-order valence-corrected chi connectivity index (χ0v) is 8.40. The van der Waals surface area contributed by atoms with Crippen LogP contribution in [0.4, 0.5) is 0 Å². The number of para-hydroxylation sites is 1. The average molecular weight is 187 g/mol. The van der Waals surface area contributed by atoms with E-state index in [-0.39, 0.29) is 6.10 Å². The molecule has 2 heteroatoms. The molecule has 0 spiro atoms. The van der Waals surface area contributed by atoms with Gasteiger partial charge in [0.25, 0.3) is 0 Å². The molecule has 72 valence electrons. The van der Waals surface area contributed by atoms with E-state index >= 15 is 0 Å². The molecule has 0 amide bonds. The van der Waals surface area contributed by atoms with Crippen molar-refractivity contribution < 1.29 is 4.74 Å². The van der Waals surface area contributed by atoms with Gasteiger partial charge in [0, 0.05) is 24.3 Å². The van der Waals surface area contributed by atoms with Gasteiger partial charge in [0.15, 0.2) is 0 Å². The summed E-state index contributed by atoms with van der Waals surface area (Å²) in [6.45, 7) is 2.03. The summed E-state index contributed by atoms with van der Waals surface area (Å²) in [5, 5.41) is 1.16. The fraction of sp³-hybridized carbons (Fsp3) is 0.250. The van der Waals surface area contributed by atoms with Gasteiger partial charge in [-0.3, -0.25) is 4.98 Å². The quantitative estimate of drug-likeness (QED) is 0.721. The molecule has 14 heavy (non-hydrogen) atoms. The number of hydrogen-bond donors (Lipinski definition) is 0. The van der Waals surface area contributed by atoms with Gasteiger partial charge in [-0.25, -0.2) is 0 Å². The van der Waals surface area contributed by atoms with Crippen molar-refractivity contribution in [3.05, 3.63) is 42.1 Å². The molecule has 0 radical (unpaired) electrons. The molecule has 1 aromatic heterocycles. The van der Waals surface area contributed by atoms with Gasteiger partial charge in [-0.05, 0) is 13.0 Å². The van der Waals surface area contributed by atoms with E-state index in [1.165, 1.54) is 0 Å². The molecule has 1 heterocycles. The highest BCUT2D eigenvalue weighted by atomic mass is 16.5. The van der Waals surface area contributed by atoms with Crippen molar-refractivity contribution in [2.75, 3.05) is 7.11 Å². The maximum atomic E-state index is 5.30. The van der Waals surface area contributed by atoms with E-state index in [0.717, 1.165) is 16.5 Å². The Bertz CT molecular complexity index is 434. The first-order chi connectivity index (χ1) is 6.83. The summed E-state index contributed by atoms with van der Waals surface area (Å²) in [4.78, 5) is 4.37. The fourth-order valence-corrected chi connectivity index (χ4v) is 1.58. The lowest BCUT2D eigenvalue weighted by Gasteiger charge is -2.11. The zero-order valence-electron chi connectivity index (χ0n) is 8.40. The summed E-state index contributed by atoms with van der Waals surface area (Å²) >= 11 is 0. The van der Waals surface area contributed by atoms with Gasteiger partial charge in [0.1, 0.15) is 0 Å². The number of nitrogens with zero attached hydrogens (tertiary/aromatic N) is 1. The van der Waals surface area contributed by atoms with Crippen molar-refractivity contribution in [2.24, 2.45) is 0 Å². The second kappa shape index (κ2) is 3.76. The fourth-order valence-electron chi connectivity index (χ4n) is 1.58. The van der Waals surface area contributed by atoms with E-state index in [2.05, 4.69) is 23.2 Å². The standard InChI is InChI=1S/C12H13NO/c1-9(14-2)11-7-3-5-10-6-4-8-13-12(10)11/h3-9H,1-2H3. The Labute approximate surface area is 83.5 Å². The van der Waals surface area contributed by atoms with Crippen molar-refractivity contribution in [3.63, 3.8) is 0 Å². The van der Waals surface area contributed by atoms with E-state index in [0.29, 0.717) is 0 Å². The van der Waals surface area contributed by atoms with Gasteiger partial charge in [-0.1, -0.05) is 24.3 Å². The lowest BCUT2D eigenvalue weighted by molar-refractivity contribution is 0.120. The number of hydrogen-bond acceptors (Lipinski definition) is 2. The number of pyridine rings is 1. The van der Waals surface area contributed by atoms with Crippen molar-refractivity contribution >= 4 is 10.9 Å². The second-order valence-corrected chi connectivity index (χ2v) is 3.30. The molecule has 1 unspecified atom stereocenters. The second-order valence-electron chi connectivity index (χ2n) is 3.30. The first-order valence-corrected chi connectivity index (χ1v) is 4.69. The van der Waals surface area contributed by atoms with Crippen LogP contribution in [-0.2, 0) is 4.74 Å². The van der Waals surface area contributed by atoms with Crippen LogP contribution in [0.1, 0.15) is 18.6 Å². The zero-order chi connectivity index (χ0) is 9.97. The summed E-state index contributed by atoms with van der Waals surface area (Å²) in [6.07, 6.45) is 1.90. The van der Waals surface area contributed by atoms with Crippen LogP contribution in [-0.4, -0.2) is 12.1 Å². The largest absolute Gasteiger partial charge is 0.377 e. The molecule has 1 aromatic carbocycles. The van der Waals surface area contributed by atoms with Gasteiger partial charge >= 0.3 is 0 Å². The predicted molar refractivity (Wildman–Crippen MR) is 57.2 cm³/mol. The summed E-state index contributed by atoms with van der Waals surface area (Å²) in [6, 6.07) is 10.2. The number of methoxy groups -OCH3 is 1. The molecule has 0 aliphatic rings. The molecule has 0 aliphatic carbocycles. The highest BCUT2D eigenvalue weighted by Gasteiger charge is 2.07. The number of ether oxygens (including phenoxy) is 1. The lowest BCUT2D eigenvalue weighted by atomic mass is 10.1. The molecule has 0 N–H and O–H groups in total. The van der Waals surface area contributed by atoms with Crippen LogP contribution in [0, 0.1) is 0 Å². The molecule has 2 rings (SSSR count). The maximum absolute atomic E-state index is 5.30. The molecule has 0 saturated heterocycles. The van der Waals surface area contributed by atoms with Gasteiger partial charge in [0.2, 0.25) is 0 Å². The Morgan fingerprint density at radius 3 is 2.79 bits per heavy atom. The van der Waals surface area contributed by atoms with Crippen molar-refractivity contribution in [1.29, 1.82) is 0 Å². The topological polar surface area (TPSA) is 22.1 Å². The van der Waals surface area contributed by atoms with E-state index in [4.69, 9.17) is 4.74 Å². The number of fused-ring (bicyclic) bond motifs is 1. The third-order valence-electron chi connectivity index (χ3n) is 2.46. The first kappa shape index (κ1) is 9.16. The van der Waals surface area contributed by atoms with Crippen LogP contribution < -0.4 is 0 Å². The van der Waals surface area contributed by atoms with E-state index < -0.39 is 0 Å². The Hall–Kier alpha value is -1.41. The van der Waals surface area contributed by atoms with E-state index in [9.17, 15) is 0 Å². The highest BCUT2D eigenvalue weighted by molar-refractivity contribution is 5.81. The molecule has 0 bridgehead atoms. The third kappa shape index (κ3) is 1.49. The van der Waals surface area contributed by atoms with Crippen LogP contribution in [0.5, 0.6) is 0 Å². The Kier molecular flexibility index (Phi) is 2.46. The normalized spacial score (nSPS) is 13.0. The smallest absolute Gasteiger partial charge is 0.0814 e. The monoisotopic (exact) mass is 187 g/mol. The maximum Gasteiger partial charge on any atom is 0.0814 e. The third-order valence-corrected chi connectivity index (χ3v) is 2.46. The average Bonchev–Trinajstić information content (AvgIpc) is 2.27. The van der Waals surface area contributed by atoms with Crippen LogP contribution in [0.3, 0.4) is 0 Å². The van der Waals surface area contributed by atoms with Gasteiger partial charge < -0.3 is 4.74 Å². The van der Waals surface area contributed by atoms with Gasteiger partial charge in [0.05, 0.1) is 11.6 Å². The van der Waals surface area contributed by atoms with Crippen LogP contribution in [0.25, 0.3) is 10.9 Å². The minimum absolute atomic E-state index is 0.0913. The SMILES string of the molecule is COC(C)c1cccc2cccnc12. The Morgan fingerprint density at radius 1 is 1.21 bits per heavy atom.